The Bertz CT molecular complexity index is 1630. The van der Waals surface area contributed by atoms with Crippen LogP contribution in [-0.2, 0) is 6.42 Å². The second-order valence-electron chi connectivity index (χ2n) is 8.36. The highest BCUT2D eigenvalue weighted by Gasteiger charge is 2.19. The molecule has 0 aliphatic carbocycles. The first-order valence-corrected chi connectivity index (χ1v) is 11.5. The number of fused-ring (bicyclic) bond motifs is 1. The highest BCUT2D eigenvalue weighted by molar-refractivity contribution is 6.31. The van der Waals surface area contributed by atoms with E-state index in [1.807, 2.05) is 55.5 Å². The number of halogens is 1. The first-order chi connectivity index (χ1) is 17.4. The second kappa shape index (κ2) is 9.64. The van der Waals surface area contributed by atoms with Crippen LogP contribution in [0.4, 0.5) is 11.4 Å². The molecule has 0 fully saturated rings. The number of hydrogen-bond acceptors (Lipinski definition) is 6. The number of nitro benzene ring substituents is 1. The van der Waals surface area contributed by atoms with Crippen molar-refractivity contribution in [2.75, 3.05) is 0 Å². The fourth-order valence-corrected chi connectivity index (χ4v) is 4.08. The third kappa shape index (κ3) is 4.82. The SMILES string of the molecule is Cc1ccc(-c2nc3cc(Cl)ccc3o2)cc1N=Cc1cc(Cc2ccccc2)cc([N+](=O)[O-])c1O. The van der Waals surface area contributed by atoms with Gasteiger partial charge in [0, 0.05) is 28.4 Å². The van der Waals surface area contributed by atoms with Crippen LogP contribution in [-0.4, -0.2) is 21.2 Å². The van der Waals surface area contributed by atoms with Crippen LogP contribution in [0.5, 0.6) is 5.75 Å². The van der Waals surface area contributed by atoms with Gasteiger partial charge in [0.05, 0.1) is 10.6 Å². The number of aromatic nitrogens is 1. The lowest BCUT2D eigenvalue weighted by molar-refractivity contribution is -0.385. The van der Waals surface area contributed by atoms with Crippen molar-refractivity contribution in [2.45, 2.75) is 13.3 Å². The average molecular weight is 498 g/mol. The first-order valence-electron chi connectivity index (χ1n) is 11.1. The molecular formula is C28H20ClN3O4. The Labute approximate surface area is 211 Å². The maximum atomic E-state index is 11.6. The Balaban J connectivity index is 1.51. The Hall–Kier alpha value is -4.49. The van der Waals surface area contributed by atoms with Crippen molar-refractivity contribution in [1.29, 1.82) is 0 Å². The lowest BCUT2D eigenvalue weighted by Gasteiger charge is -2.07. The molecule has 178 valence electrons. The molecule has 0 radical (unpaired) electrons. The third-order valence-corrected chi connectivity index (χ3v) is 6.01. The Morgan fingerprint density at radius 2 is 1.86 bits per heavy atom. The number of nitro groups is 1. The molecule has 0 unspecified atom stereocenters. The molecule has 5 rings (SSSR count). The van der Waals surface area contributed by atoms with Gasteiger partial charge < -0.3 is 9.52 Å². The van der Waals surface area contributed by atoms with Gasteiger partial charge in [0.25, 0.3) is 0 Å². The van der Waals surface area contributed by atoms with Crippen LogP contribution in [0.15, 0.2) is 88.3 Å². The molecule has 1 heterocycles. The third-order valence-electron chi connectivity index (χ3n) is 5.78. The van der Waals surface area contributed by atoms with E-state index < -0.39 is 10.7 Å². The van der Waals surface area contributed by atoms with Crippen LogP contribution in [0.25, 0.3) is 22.6 Å². The zero-order valence-corrected chi connectivity index (χ0v) is 19.9. The van der Waals surface area contributed by atoms with Crippen molar-refractivity contribution in [3.05, 3.63) is 116 Å². The minimum absolute atomic E-state index is 0.261. The molecule has 0 bridgehead atoms. The number of nitrogens with zero attached hydrogens (tertiary/aromatic N) is 3. The van der Waals surface area contributed by atoms with Gasteiger partial charge in [-0.05, 0) is 66.4 Å². The molecule has 0 atom stereocenters. The van der Waals surface area contributed by atoms with Crippen LogP contribution in [0.3, 0.4) is 0 Å². The summed E-state index contributed by atoms with van der Waals surface area (Å²) in [4.78, 5) is 20.0. The van der Waals surface area contributed by atoms with E-state index >= 15 is 0 Å². The number of phenolic OH excluding ortho intramolecular Hbond substituents is 1. The predicted molar refractivity (Wildman–Crippen MR) is 140 cm³/mol. The Morgan fingerprint density at radius 1 is 1.06 bits per heavy atom. The number of hydrogen-bond donors (Lipinski definition) is 1. The zero-order chi connectivity index (χ0) is 25.2. The minimum Gasteiger partial charge on any atom is -0.502 e. The largest absolute Gasteiger partial charge is 0.502 e. The Morgan fingerprint density at radius 3 is 2.64 bits per heavy atom. The highest BCUT2D eigenvalue weighted by Crippen LogP contribution is 2.33. The summed E-state index contributed by atoms with van der Waals surface area (Å²) in [5, 5.41) is 22.7. The summed E-state index contributed by atoms with van der Waals surface area (Å²) in [5.41, 5.74) is 5.08. The number of aromatic hydroxyl groups is 1. The number of aliphatic imine (C=N–C) groups is 1. The number of oxazole rings is 1. The number of aryl methyl sites for hydroxylation is 1. The summed E-state index contributed by atoms with van der Waals surface area (Å²) < 4.78 is 5.86. The summed E-state index contributed by atoms with van der Waals surface area (Å²) in [6.07, 6.45) is 1.92. The van der Waals surface area contributed by atoms with Crippen molar-refractivity contribution >= 4 is 40.3 Å². The van der Waals surface area contributed by atoms with Crippen LogP contribution < -0.4 is 0 Å². The van der Waals surface area contributed by atoms with Crippen LogP contribution in [0.2, 0.25) is 5.02 Å². The topological polar surface area (TPSA) is 102 Å². The zero-order valence-electron chi connectivity index (χ0n) is 19.2. The lowest BCUT2D eigenvalue weighted by atomic mass is 10.0. The standard InChI is InChI=1S/C28H20ClN3O4/c1-17-7-8-20(28-31-24-15-22(29)9-10-26(24)36-28)14-23(17)30-16-21-12-19(11-18-5-3-2-4-6-18)13-25(27(21)33)32(34)35/h2-10,12-16,33H,11H2,1H3. The van der Waals surface area contributed by atoms with Crippen molar-refractivity contribution in [3.63, 3.8) is 0 Å². The molecule has 0 spiro atoms. The summed E-state index contributed by atoms with van der Waals surface area (Å²) >= 11 is 6.06. The molecule has 5 aromatic rings. The number of rotatable bonds is 6. The van der Waals surface area contributed by atoms with Gasteiger partial charge in [-0.3, -0.25) is 15.1 Å². The van der Waals surface area contributed by atoms with Crippen molar-refractivity contribution in [1.82, 2.24) is 4.98 Å². The lowest BCUT2D eigenvalue weighted by Crippen LogP contribution is -1.97. The van der Waals surface area contributed by atoms with E-state index in [0.29, 0.717) is 45.2 Å². The van der Waals surface area contributed by atoms with Crippen LogP contribution in [0.1, 0.15) is 22.3 Å². The van der Waals surface area contributed by atoms with Gasteiger partial charge in [-0.1, -0.05) is 48.0 Å². The van der Waals surface area contributed by atoms with Gasteiger partial charge in [-0.15, -0.1) is 0 Å². The normalized spacial score (nSPS) is 11.4. The predicted octanol–water partition coefficient (Wildman–Crippen LogP) is 7.41. The minimum atomic E-state index is -0.591. The molecule has 0 amide bonds. The second-order valence-corrected chi connectivity index (χ2v) is 8.80. The van der Waals surface area contributed by atoms with E-state index in [1.54, 1.807) is 24.3 Å². The average Bonchev–Trinajstić information content (AvgIpc) is 3.28. The maximum absolute atomic E-state index is 11.6. The highest BCUT2D eigenvalue weighted by atomic mass is 35.5. The van der Waals surface area contributed by atoms with E-state index in [2.05, 4.69) is 9.98 Å². The summed E-state index contributed by atoms with van der Waals surface area (Å²) in [5.74, 6) is -0.00254. The smallest absolute Gasteiger partial charge is 0.311 e. The summed E-state index contributed by atoms with van der Waals surface area (Å²) in [6.45, 7) is 1.90. The fraction of sp³-hybridized carbons (Fsp3) is 0.0714. The van der Waals surface area contributed by atoms with Gasteiger partial charge in [0.2, 0.25) is 11.6 Å². The van der Waals surface area contributed by atoms with Gasteiger partial charge in [0.1, 0.15) is 5.52 Å². The Kier molecular flexibility index (Phi) is 6.23. The molecule has 1 N–H and O–H groups in total. The molecule has 8 heteroatoms. The molecule has 0 aliphatic heterocycles. The number of phenols is 1. The van der Waals surface area contributed by atoms with Crippen LogP contribution >= 0.6 is 11.6 Å². The maximum Gasteiger partial charge on any atom is 0.311 e. The molecular weight excluding hydrogens is 478 g/mol. The van der Waals surface area contributed by atoms with Gasteiger partial charge in [0.15, 0.2) is 5.58 Å². The van der Waals surface area contributed by atoms with E-state index in [9.17, 15) is 15.2 Å². The van der Waals surface area contributed by atoms with Gasteiger partial charge in [-0.25, -0.2) is 4.98 Å². The van der Waals surface area contributed by atoms with Crippen molar-refractivity contribution in [3.8, 4) is 17.2 Å². The van der Waals surface area contributed by atoms with Gasteiger partial charge >= 0.3 is 5.69 Å². The fourth-order valence-electron chi connectivity index (χ4n) is 3.92. The molecule has 1 aromatic heterocycles. The van der Waals surface area contributed by atoms with E-state index in [4.69, 9.17) is 16.0 Å². The number of benzene rings is 4. The molecule has 36 heavy (non-hydrogen) atoms. The van der Waals surface area contributed by atoms with Crippen molar-refractivity contribution in [2.24, 2.45) is 4.99 Å². The molecule has 0 aliphatic rings. The molecule has 7 nitrogen and oxygen atoms in total. The molecule has 0 saturated carbocycles. The van der Waals surface area contributed by atoms with E-state index in [0.717, 1.165) is 11.1 Å². The van der Waals surface area contributed by atoms with Gasteiger partial charge in [-0.2, -0.15) is 0 Å². The van der Waals surface area contributed by atoms with Crippen LogP contribution in [0, 0.1) is 17.0 Å². The van der Waals surface area contributed by atoms with Crippen molar-refractivity contribution < 1.29 is 14.4 Å². The monoisotopic (exact) mass is 497 g/mol. The summed E-state index contributed by atoms with van der Waals surface area (Å²) in [6, 6.07) is 23.5. The first kappa shape index (κ1) is 23.3. The molecule has 0 saturated heterocycles. The van der Waals surface area contributed by atoms with E-state index in [-0.39, 0.29) is 11.3 Å². The quantitative estimate of drug-likeness (QED) is 0.149. The van der Waals surface area contributed by atoms with E-state index in [1.165, 1.54) is 12.3 Å². The molecule has 4 aromatic carbocycles. The summed E-state index contributed by atoms with van der Waals surface area (Å²) in [7, 11) is 0.